The highest BCUT2D eigenvalue weighted by Gasteiger charge is 2.25. The quantitative estimate of drug-likeness (QED) is 0.925. The molecule has 2 unspecified atom stereocenters. The van der Waals surface area contributed by atoms with Crippen molar-refractivity contribution in [2.45, 2.75) is 25.9 Å². The van der Waals surface area contributed by atoms with Crippen molar-refractivity contribution in [3.05, 3.63) is 48.3 Å². The van der Waals surface area contributed by atoms with E-state index in [0.717, 1.165) is 25.3 Å². The van der Waals surface area contributed by atoms with Gasteiger partial charge in [-0.1, -0.05) is 18.2 Å². The maximum Gasteiger partial charge on any atom is 0.0649 e. The third-order valence-corrected chi connectivity index (χ3v) is 4.16. The van der Waals surface area contributed by atoms with Crippen LogP contribution in [0.4, 0.5) is 0 Å². The van der Waals surface area contributed by atoms with Crippen LogP contribution in [0.15, 0.2) is 42.6 Å². The van der Waals surface area contributed by atoms with Crippen molar-refractivity contribution >= 4 is 0 Å². The van der Waals surface area contributed by atoms with Gasteiger partial charge < -0.3 is 5.73 Å². The van der Waals surface area contributed by atoms with Crippen LogP contribution in [0.1, 0.15) is 19.0 Å². The molecule has 0 aliphatic carbocycles. The van der Waals surface area contributed by atoms with Crippen molar-refractivity contribution in [1.29, 1.82) is 0 Å². The molecular formula is C16H22N4. The Morgan fingerprint density at radius 3 is 2.80 bits per heavy atom. The fourth-order valence-electron chi connectivity index (χ4n) is 2.92. The third kappa shape index (κ3) is 2.76. The predicted molar refractivity (Wildman–Crippen MR) is 80.6 cm³/mol. The normalized spacial score (nSPS) is 21.2. The minimum absolute atomic E-state index is 0.291. The van der Waals surface area contributed by atoms with Gasteiger partial charge in [0.25, 0.3) is 0 Å². The van der Waals surface area contributed by atoms with Crippen molar-refractivity contribution in [2.24, 2.45) is 11.7 Å². The summed E-state index contributed by atoms with van der Waals surface area (Å²) in [6, 6.07) is 12.7. The van der Waals surface area contributed by atoms with Crippen LogP contribution in [0.25, 0.3) is 5.69 Å². The molecule has 2 atom stereocenters. The topological polar surface area (TPSA) is 47.1 Å². The zero-order valence-corrected chi connectivity index (χ0v) is 11.9. The van der Waals surface area contributed by atoms with E-state index in [1.54, 1.807) is 0 Å². The maximum absolute atomic E-state index is 6.01. The maximum atomic E-state index is 6.01. The van der Waals surface area contributed by atoms with Gasteiger partial charge in [-0.05, 0) is 44.0 Å². The Bertz CT molecular complexity index is 547. The van der Waals surface area contributed by atoms with Gasteiger partial charge in [0.15, 0.2) is 0 Å². The summed E-state index contributed by atoms with van der Waals surface area (Å²) < 4.78 is 2.03. The number of hydrogen-bond donors (Lipinski definition) is 1. The van der Waals surface area contributed by atoms with Crippen LogP contribution in [0.3, 0.4) is 0 Å². The molecule has 1 aliphatic rings. The van der Waals surface area contributed by atoms with Crippen LogP contribution in [0, 0.1) is 5.92 Å². The summed E-state index contributed by atoms with van der Waals surface area (Å²) in [6.07, 6.45) is 3.08. The lowest BCUT2D eigenvalue weighted by atomic mass is 10.0. The molecule has 20 heavy (non-hydrogen) atoms. The van der Waals surface area contributed by atoms with Gasteiger partial charge in [0.05, 0.1) is 11.4 Å². The van der Waals surface area contributed by atoms with E-state index in [4.69, 9.17) is 5.73 Å². The summed E-state index contributed by atoms with van der Waals surface area (Å²) in [5.74, 6) is 0.628. The van der Waals surface area contributed by atoms with Gasteiger partial charge in [-0.15, -0.1) is 0 Å². The first-order valence-corrected chi connectivity index (χ1v) is 7.30. The number of rotatable bonds is 4. The molecule has 106 valence electrons. The van der Waals surface area contributed by atoms with E-state index in [1.807, 2.05) is 29.1 Å². The fourth-order valence-corrected chi connectivity index (χ4v) is 2.92. The largest absolute Gasteiger partial charge is 0.328 e. The number of benzene rings is 1. The second-order valence-electron chi connectivity index (χ2n) is 5.71. The molecule has 0 amide bonds. The number of nitrogens with zero attached hydrogens (tertiary/aromatic N) is 3. The summed E-state index contributed by atoms with van der Waals surface area (Å²) in [4.78, 5) is 2.48. The zero-order chi connectivity index (χ0) is 13.9. The number of hydrogen-bond acceptors (Lipinski definition) is 3. The van der Waals surface area contributed by atoms with E-state index in [0.29, 0.717) is 12.0 Å². The van der Waals surface area contributed by atoms with Crippen molar-refractivity contribution in [1.82, 2.24) is 14.7 Å². The van der Waals surface area contributed by atoms with Gasteiger partial charge in [0, 0.05) is 25.3 Å². The molecule has 4 heteroatoms. The lowest BCUT2D eigenvalue weighted by Gasteiger charge is -2.18. The van der Waals surface area contributed by atoms with Crippen LogP contribution in [-0.2, 0) is 6.54 Å². The van der Waals surface area contributed by atoms with Gasteiger partial charge in [-0.25, -0.2) is 4.68 Å². The number of likely N-dealkylation sites (tertiary alicyclic amines) is 1. The van der Waals surface area contributed by atoms with Crippen LogP contribution < -0.4 is 5.73 Å². The Morgan fingerprint density at radius 2 is 2.10 bits per heavy atom. The first-order chi connectivity index (χ1) is 9.74. The van der Waals surface area contributed by atoms with E-state index in [2.05, 4.69) is 35.1 Å². The second-order valence-corrected chi connectivity index (χ2v) is 5.71. The molecule has 2 aromatic rings. The van der Waals surface area contributed by atoms with Crippen LogP contribution in [0.2, 0.25) is 0 Å². The molecule has 2 heterocycles. The molecule has 3 rings (SSSR count). The molecule has 1 aromatic heterocycles. The molecule has 0 radical (unpaired) electrons. The van der Waals surface area contributed by atoms with E-state index in [1.165, 1.54) is 12.1 Å². The summed E-state index contributed by atoms with van der Waals surface area (Å²) >= 11 is 0. The molecule has 1 aliphatic heterocycles. The van der Waals surface area contributed by atoms with Crippen LogP contribution in [-0.4, -0.2) is 33.8 Å². The molecule has 1 fully saturated rings. The molecule has 1 saturated heterocycles. The number of aromatic nitrogens is 2. The van der Waals surface area contributed by atoms with E-state index in [-0.39, 0.29) is 0 Å². The van der Waals surface area contributed by atoms with Gasteiger partial charge in [-0.2, -0.15) is 5.10 Å². The SMILES string of the molecule is CC(N)C1CCN(Cc2ccnn2-c2ccccc2)C1. The van der Waals surface area contributed by atoms with Gasteiger partial charge in [0.1, 0.15) is 0 Å². The summed E-state index contributed by atoms with van der Waals surface area (Å²) in [6.45, 7) is 5.28. The Hall–Kier alpha value is -1.65. The minimum Gasteiger partial charge on any atom is -0.328 e. The number of para-hydroxylation sites is 1. The second kappa shape index (κ2) is 5.77. The monoisotopic (exact) mass is 270 g/mol. The molecule has 2 N–H and O–H groups in total. The van der Waals surface area contributed by atoms with Gasteiger partial charge >= 0.3 is 0 Å². The predicted octanol–water partition coefficient (Wildman–Crippen LogP) is 2.04. The van der Waals surface area contributed by atoms with Crippen LogP contribution in [0.5, 0.6) is 0 Å². The average molecular weight is 270 g/mol. The minimum atomic E-state index is 0.291. The molecular weight excluding hydrogens is 248 g/mol. The Kier molecular flexibility index (Phi) is 3.85. The average Bonchev–Trinajstić information content (AvgIpc) is 3.09. The Balaban J connectivity index is 1.72. The fraction of sp³-hybridized carbons (Fsp3) is 0.438. The lowest BCUT2D eigenvalue weighted by Crippen LogP contribution is -2.29. The van der Waals surface area contributed by atoms with Gasteiger partial charge in [0.2, 0.25) is 0 Å². The Morgan fingerprint density at radius 1 is 1.30 bits per heavy atom. The molecule has 4 nitrogen and oxygen atoms in total. The van der Waals surface area contributed by atoms with Crippen molar-refractivity contribution < 1.29 is 0 Å². The summed E-state index contributed by atoms with van der Waals surface area (Å²) in [5.41, 5.74) is 8.37. The van der Waals surface area contributed by atoms with Crippen molar-refractivity contribution in [3.63, 3.8) is 0 Å². The third-order valence-electron chi connectivity index (χ3n) is 4.16. The highest BCUT2D eigenvalue weighted by Crippen LogP contribution is 2.21. The summed E-state index contributed by atoms with van der Waals surface area (Å²) in [5, 5.41) is 4.45. The van der Waals surface area contributed by atoms with E-state index < -0.39 is 0 Å². The molecule has 0 bridgehead atoms. The standard InChI is InChI=1S/C16H22N4/c1-13(17)14-8-10-19(11-14)12-16-7-9-18-20(16)15-5-3-2-4-6-15/h2-7,9,13-14H,8,10-12,17H2,1H3. The lowest BCUT2D eigenvalue weighted by molar-refractivity contribution is 0.302. The highest BCUT2D eigenvalue weighted by molar-refractivity contribution is 5.32. The first kappa shape index (κ1) is 13.3. The summed E-state index contributed by atoms with van der Waals surface area (Å²) in [7, 11) is 0. The zero-order valence-electron chi connectivity index (χ0n) is 11.9. The smallest absolute Gasteiger partial charge is 0.0649 e. The van der Waals surface area contributed by atoms with Crippen molar-refractivity contribution in [2.75, 3.05) is 13.1 Å². The number of nitrogens with two attached hydrogens (primary N) is 1. The first-order valence-electron chi connectivity index (χ1n) is 7.30. The highest BCUT2D eigenvalue weighted by atomic mass is 15.3. The van der Waals surface area contributed by atoms with E-state index >= 15 is 0 Å². The molecule has 1 aromatic carbocycles. The van der Waals surface area contributed by atoms with Crippen molar-refractivity contribution in [3.8, 4) is 5.69 Å². The molecule has 0 saturated carbocycles. The van der Waals surface area contributed by atoms with Gasteiger partial charge in [-0.3, -0.25) is 4.90 Å². The molecule has 0 spiro atoms. The van der Waals surface area contributed by atoms with Crippen LogP contribution >= 0.6 is 0 Å². The Labute approximate surface area is 120 Å². The van der Waals surface area contributed by atoms with E-state index in [9.17, 15) is 0 Å².